The molecule has 1 saturated heterocycles. The van der Waals surface area contributed by atoms with Gasteiger partial charge in [0.1, 0.15) is 0 Å². The van der Waals surface area contributed by atoms with Gasteiger partial charge in [0.15, 0.2) is 5.96 Å². The fraction of sp³-hybridized carbons (Fsp3) is 0.684. The Morgan fingerprint density at radius 3 is 2.85 bits per heavy atom. The molecular weight excluding hydrogens is 443 g/mol. The summed E-state index contributed by atoms with van der Waals surface area (Å²) in [5, 5.41) is 6.62. The number of halogens is 1. The van der Waals surface area contributed by atoms with Crippen molar-refractivity contribution in [3.63, 3.8) is 0 Å². The number of guanidine groups is 1. The molecule has 7 heteroatoms. The van der Waals surface area contributed by atoms with Crippen LogP contribution in [0.2, 0.25) is 0 Å². The van der Waals surface area contributed by atoms with Gasteiger partial charge in [0.25, 0.3) is 0 Å². The maximum absolute atomic E-state index is 5.79. The molecule has 1 fully saturated rings. The lowest BCUT2D eigenvalue weighted by molar-refractivity contribution is 0.0203. The molecule has 1 aliphatic heterocycles. The van der Waals surface area contributed by atoms with Crippen LogP contribution >= 0.6 is 24.0 Å². The first-order chi connectivity index (χ1) is 12.3. The van der Waals surface area contributed by atoms with Gasteiger partial charge in [-0.3, -0.25) is 4.98 Å². The Hall–Kier alpha value is -0.930. The first kappa shape index (κ1) is 23.1. The molecule has 0 amide bonds. The maximum atomic E-state index is 5.79. The lowest BCUT2D eigenvalue weighted by atomic mass is 10.0. The van der Waals surface area contributed by atoms with E-state index in [1.165, 1.54) is 0 Å². The third-order valence-electron chi connectivity index (χ3n) is 4.14. The van der Waals surface area contributed by atoms with E-state index in [-0.39, 0.29) is 24.0 Å². The zero-order valence-electron chi connectivity index (χ0n) is 16.0. The van der Waals surface area contributed by atoms with Crippen LogP contribution in [-0.4, -0.2) is 50.5 Å². The van der Waals surface area contributed by atoms with Crippen molar-refractivity contribution in [1.29, 1.82) is 0 Å². The number of nitrogens with zero attached hydrogens (tertiary/aromatic N) is 2. The molecule has 148 valence electrons. The smallest absolute Gasteiger partial charge is 0.191 e. The van der Waals surface area contributed by atoms with Gasteiger partial charge in [-0.05, 0) is 51.2 Å². The van der Waals surface area contributed by atoms with E-state index in [1.54, 1.807) is 0 Å². The third-order valence-corrected chi connectivity index (χ3v) is 4.14. The van der Waals surface area contributed by atoms with Crippen molar-refractivity contribution in [2.24, 2.45) is 10.9 Å². The van der Waals surface area contributed by atoms with Gasteiger partial charge in [-0.1, -0.05) is 6.07 Å². The number of nitrogens with one attached hydrogen (secondary N) is 2. The predicted molar refractivity (Wildman–Crippen MR) is 116 cm³/mol. The van der Waals surface area contributed by atoms with Crippen LogP contribution in [-0.2, 0) is 16.0 Å². The maximum Gasteiger partial charge on any atom is 0.191 e. The fourth-order valence-electron chi connectivity index (χ4n) is 2.73. The van der Waals surface area contributed by atoms with E-state index in [0.717, 1.165) is 76.1 Å². The molecule has 2 N–H and O–H groups in total. The van der Waals surface area contributed by atoms with E-state index < -0.39 is 0 Å². The number of aromatic nitrogens is 1. The first-order valence-corrected chi connectivity index (χ1v) is 9.38. The Bertz CT molecular complexity index is 522. The van der Waals surface area contributed by atoms with Crippen LogP contribution in [0.5, 0.6) is 0 Å². The highest BCUT2D eigenvalue weighted by molar-refractivity contribution is 14.0. The summed E-state index contributed by atoms with van der Waals surface area (Å²) in [7, 11) is 0. The lowest BCUT2D eigenvalue weighted by Gasteiger charge is -2.21. The zero-order chi connectivity index (χ0) is 17.7. The summed E-state index contributed by atoms with van der Waals surface area (Å²) in [4.78, 5) is 9.07. The molecule has 26 heavy (non-hydrogen) atoms. The van der Waals surface area contributed by atoms with E-state index in [2.05, 4.69) is 27.5 Å². The van der Waals surface area contributed by atoms with Crippen LogP contribution in [0.3, 0.4) is 0 Å². The van der Waals surface area contributed by atoms with E-state index in [4.69, 9.17) is 9.47 Å². The predicted octanol–water partition coefficient (Wildman–Crippen LogP) is 2.90. The number of pyridine rings is 1. The molecule has 0 aliphatic carbocycles. The molecule has 0 spiro atoms. The molecule has 0 aromatic carbocycles. The van der Waals surface area contributed by atoms with Crippen LogP contribution in [0.25, 0.3) is 0 Å². The summed E-state index contributed by atoms with van der Waals surface area (Å²) >= 11 is 0. The van der Waals surface area contributed by atoms with Crippen LogP contribution in [0, 0.1) is 12.8 Å². The second kappa shape index (κ2) is 14.2. The van der Waals surface area contributed by atoms with Gasteiger partial charge in [0.2, 0.25) is 0 Å². The Morgan fingerprint density at radius 2 is 2.12 bits per heavy atom. The van der Waals surface area contributed by atoms with Gasteiger partial charge in [0.05, 0.1) is 12.2 Å². The fourth-order valence-corrected chi connectivity index (χ4v) is 2.73. The van der Waals surface area contributed by atoms with Gasteiger partial charge < -0.3 is 20.1 Å². The standard InChI is InChI=1S/C19H32N4O2.HI/c1-3-20-19(22-14-18-7-4-6-16(2)23-18)21-10-5-11-25-15-17-8-12-24-13-9-17;/h4,6-7,17H,3,5,8-15H2,1-2H3,(H2,20,21,22);1H. The third kappa shape index (κ3) is 9.68. The number of hydrogen-bond donors (Lipinski definition) is 2. The zero-order valence-corrected chi connectivity index (χ0v) is 18.3. The number of hydrogen-bond acceptors (Lipinski definition) is 4. The van der Waals surface area contributed by atoms with E-state index >= 15 is 0 Å². The highest BCUT2D eigenvalue weighted by Gasteiger charge is 2.13. The lowest BCUT2D eigenvalue weighted by Crippen LogP contribution is -2.38. The Morgan fingerprint density at radius 1 is 1.31 bits per heavy atom. The van der Waals surface area contributed by atoms with E-state index in [0.29, 0.717) is 12.5 Å². The van der Waals surface area contributed by atoms with Crippen molar-refractivity contribution >= 4 is 29.9 Å². The normalized spacial score (nSPS) is 15.4. The molecule has 0 bridgehead atoms. The van der Waals surface area contributed by atoms with Gasteiger partial charge in [-0.15, -0.1) is 24.0 Å². The van der Waals surface area contributed by atoms with Crippen LogP contribution in [0.15, 0.2) is 23.2 Å². The number of ether oxygens (including phenoxy) is 2. The minimum atomic E-state index is 0. The highest BCUT2D eigenvalue weighted by atomic mass is 127. The quantitative estimate of drug-likeness (QED) is 0.248. The summed E-state index contributed by atoms with van der Waals surface area (Å²) in [6, 6.07) is 6.02. The Kier molecular flexibility index (Phi) is 12.6. The van der Waals surface area contributed by atoms with Crippen molar-refractivity contribution in [2.75, 3.05) is 39.5 Å². The second-order valence-corrected chi connectivity index (χ2v) is 6.38. The minimum Gasteiger partial charge on any atom is -0.381 e. The van der Waals surface area contributed by atoms with Crippen molar-refractivity contribution in [3.8, 4) is 0 Å². The van der Waals surface area contributed by atoms with Crippen molar-refractivity contribution in [2.45, 2.75) is 39.7 Å². The van der Waals surface area contributed by atoms with E-state index in [9.17, 15) is 0 Å². The molecular formula is C19H33IN4O2. The van der Waals surface area contributed by atoms with Gasteiger partial charge in [-0.2, -0.15) is 0 Å². The molecule has 0 radical (unpaired) electrons. The number of aryl methyl sites for hydroxylation is 1. The number of aliphatic imine (C=N–C) groups is 1. The van der Waals surface area contributed by atoms with Gasteiger partial charge in [0, 0.05) is 45.2 Å². The van der Waals surface area contributed by atoms with Crippen LogP contribution in [0.1, 0.15) is 37.6 Å². The SMILES string of the molecule is CCNC(=NCc1cccc(C)n1)NCCCOCC1CCOCC1.I. The average Bonchev–Trinajstić information content (AvgIpc) is 2.63. The first-order valence-electron chi connectivity index (χ1n) is 9.38. The molecule has 0 unspecified atom stereocenters. The molecule has 1 aromatic heterocycles. The summed E-state index contributed by atoms with van der Waals surface area (Å²) in [6.45, 7) is 9.74. The van der Waals surface area contributed by atoms with E-state index in [1.807, 2.05) is 25.1 Å². The topological polar surface area (TPSA) is 67.8 Å². The van der Waals surface area contributed by atoms with Crippen LogP contribution in [0.4, 0.5) is 0 Å². The molecule has 2 heterocycles. The van der Waals surface area contributed by atoms with Crippen molar-refractivity contribution in [1.82, 2.24) is 15.6 Å². The molecule has 0 saturated carbocycles. The Labute approximate surface area is 174 Å². The van der Waals surface area contributed by atoms with Gasteiger partial charge in [-0.25, -0.2) is 4.99 Å². The summed E-state index contributed by atoms with van der Waals surface area (Å²) in [5.74, 6) is 1.50. The van der Waals surface area contributed by atoms with Crippen molar-refractivity contribution in [3.05, 3.63) is 29.6 Å². The summed E-state index contributed by atoms with van der Waals surface area (Å²) in [6.07, 6.45) is 3.22. The molecule has 1 aliphatic rings. The monoisotopic (exact) mass is 476 g/mol. The molecule has 0 atom stereocenters. The van der Waals surface area contributed by atoms with Crippen LogP contribution < -0.4 is 10.6 Å². The minimum absolute atomic E-state index is 0. The number of rotatable bonds is 9. The van der Waals surface area contributed by atoms with Gasteiger partial charge >= 0.3 is 0 Å². The van der Waals surface area contributed by atoms with Crippen molar-refractivity contribution < 1.29 is 9.47 Å². The molecule has 6 nitrogen and oxygen atoms in total. The second-order valence-electron chi connectivity index (χ2n) is 6.38. The average molecular weight is 476 g/mol. The largest absolute Gasteiger partial charge is 0.381 e. The molecule has 1 aromatic rings. The Balaban J connectivity index is 0.00000338. The highest BCUT2D eigenvalue weighted by Crippen LogP contribution is 2.14. The molecule has 2 rings (SSSR count). The summed E-state index contributed by atoms with van der Waals surface area (Å²) < 4.78 is 11.2. The summed E-state index contributed by atoms with van der Waals surface area (Å²) in [5.41, 5.74) is 2.00.